The summed E-state index contributed by atoms with van der Waals surface area (Å²) in [5.74, 6) is -18.5. The number of H-pyrrole nitrogens is 2. The van der Waals surface area contributed by atoms with Crippen LogP contribution >= 0.6 is 48.8 Å². The summed E-state index contributed by atoms with van der Waals surface area (Å²) in [6.45, 7) is 5.96. The number of aromatic amines is 2. The fourth-order valence-electron chi connectivity index (χ4n) is 13.7. The van der Waals surface area contributed by atoms with Crippen LogP contribution in [-0.4, -0.2) is 281 Å². The number of para-hydroxylation sites is 2. The van der Waals surface area contributed by atoms with Crippen molar-refractivity contribution in [2.24, 2.45) is 23.3 Å². The molecular formula is C81H115N19O21S4. The topological polar surface area (TPSA) is 641 Å². The second kappa shape index (κ2) is 51.2. The smallest absolute Gasteiger partial charge is 0.326 e. The van der Waals surface area contributed by atoms with Crippen LogP contribution in [0.5, 0.6) is 5.75 Å². The van der Waals surface area contributed by atoms with E-state index in [4.69, 9.17) is 22.0 Å². The highest BCUT2D eigenvalue weighted by Gasteiger charge is 2.43. The van der Waals surface area contributed by atoms with E-state index in [9.17, 15) is 87.5 Å². The number of amides is 13. The molecule has 1 saturated heterocycles. The molecule has 0 aliphatic carbocycles. The Morgan fingerprint density at radius 3 is 1.33 bits per heavy atom. The van der Waals surface area contributed by atoms with Crippen molar-refractivity contribution in [2.75, 3.05) is 55.2 Å². The number of benzene rings is 3. The van der Waals surface area contributed by atoms with Crippen molar-refractivity contribution in [3.63, 3.8) is 0 Å². The Kier molecular flexibility index (Phi) is 41.9. The van der Waals surface area contributed by atoms with Crippen LogP contribution in [0.15, 0.2) is 85.2 Å². The second-order valence-electron chi connectivity index (χ2n) is 30.9. The molecule has 3 aromatic carbocycles. The van der Waals surface area contributed by atoms with Crippen molar-refractivity contribution < 1.29 is 102 Å². The van der Waals surface area contributed by atoms with Gasteiger partial charge in [0.05, 0.1) is 25.5 Å². The normalized spacial score (nSPS) is 15.6. The minimum atomic E-state index is -1.93. The van der Waals surface area contributed by atoms with Crippen molar-refractivity contribution >= 4 is 171 Å². The van der Waals surface area contributed by atoms with Crippen LogP contribution in [0.2, 0.25) is 0 Å². The van der Waals surface area contributed by atoms with Crippen LogP contribution in [0.25, 0.3) is 21.8 Å². The number of likely N-dealkylation sites (tertiary alicyclic amines) is 1. The van der Waals surface area contributed by atoms with Crippen molar-refractivity contribution in [3.8, 4) is 5.75 Å². The van der Waals surface area contributed by atoms with Crippen LogP contribution in [0.1, 0.15) is 109 Å². The van der Waals surface area contributed by atoms with Crippen LogP contribution in [0.3, 0.4) is 0 Å². The van der Waals surface area contributed by atoms with E-state index >= 15 is 9.59 Å². The van der Waals surface area contributed by atoms with E-state index in [1.54, 1.807) is 82.9 Å². The Morgan fingerprint density at radius 1 is 0.496 bits per heavy atom. The third-order valence-electron chi connectivity index (χ3n) is 20.3. The number of aliphatic hydroxyl groups is 1. The quantitative estimate of drug-likeness (QED) is 0.00890. The summed E-state index contributed by atoms with van der Waals surface area (Å²) in [5, 5.41) is 91.2. The summed E-state index contributed by atoms with van der Waals surface area (Å²) >= 11 is 11.3. The largest absolute Gasteiger partial charge is 0.508 e. The number of carboxylic acid groups (broad SMARTS) is 3. The SMILES string of the molecule is CSCC[C@H](NC(=O)[C@H](CS)NC(=O)[C@H](CC(C)C)NC(=O)[C@H](CCSC)NC(=O)[C@@H]1CCCN1C(=O)[C@H](CC(=O)O)NC(=O)[C@H](Cc1c[nH]c2ccccc12)NC(=O)[C@H](CC(C)C)NC(=O)[C@H](CS)NC(=O)[C@H](Cc1ccc(O)cc1)NC(=O)[C@H](Cc1c[nH]c2ccccc12)NC(=O)[C@@H](N)CCCNC(=N)N)C(=O)N[C@@H](CO)C(=O)N[C@@H](CC(=O)O)C(=O)O. The van der Waals surface area contributed by atoms with Crippen molar-refractivity contribution in [1.29, 1.82) is 5.41 Å². The minimum Gasteiger partial charge on any atom is -0.508 e. The first-order valence-electron chi connectivity index (χ1n) is 40.5. The van der Waals surface area contributed by atoms with Gasteiger partial charge in [-0.15, -0.1) is 0 Å². The molecule has 0 radical (unpaired) electrons. The highest BCUT2D eigenvalue weighted by molar-refractivity contribution is 7.98. The van der Waals surface area contributed by atoms with Gasteiger partial charge in [-0.3, -0.25) is 77.3 Å². The summed E-state index contributed by atoms with van der Waals surface area (Å²) in [4.78, 5) is 230. The maximum atomic E-state index is 15.1. The van der Waals surface area contributed by atoms with E-state index in [-0.39, 0.29) is 118 Å². The minimum absolute atomic E-state index is 0.0147. The van der Waals surface area contributed by atoms with Crippen molar-refractivity contribution in [2.45, 2.75) is 196 Å². The molecule has 0 bridgehead atoms. The summed E-state index contributed by atoms with van der Waals surface area (Å²) < 4.78 is 0. The third kappa shape index (κ3) is 32.6. The number of thiol groups is 2. The molecule has 5 aromatic rings. The average Bonchev–Trinajstić information content (AvgIpc) is 1.72. The zero-order valence-corrected chi connectivity index (χ0v) is 73.5. The molecule has 6 rings (SSSR count). The van der Waals surface area contributed by atoms with Gasteiger partial charge in [0.15, 0.2) is 5.96 Å². The number of carbonyl (C=O) groups is 16. The molecule has 1 fully saturated rings. The number of thioether (sulfide) groups is 2. The molecule has 14 atom stereocenters. The Bertz CT molecular complexity index is 4600. The number of aromatic hydroxyl groups is 1. The molecule has 0 saturated carbocycles. The van der Waals surface area contributed by atoms with E-state index in [1.807, 2.05) is 23.5 Å². The number of nitrogens with zero attached hydrogens (tertiary/aromatic N) is 1. The standard InChI is InChI=1S/C81H115N19O21S4/c1-41(2)29-54(92-77(117)63(40-123)99-72(112)56(31-43-19-21-46(102)22-20-43)93-73(113)57(32-44-36-86-50-16-9-7-13-47(44)50)90-67(107)49(82)15-11-25-85-81(83)84)70(110)94-58(33-45-37-87-51-17-10-8-14-48(45)51)74(114)95-59(34-65(103)104)79(119)100-26-12-18-64(100)78(118)89-53(24-28-125-6)68(108)91-55(30-42(3)4)71(111)98-62(39-122)76(116)88-52(23-27-124-5)69(109)97-61(38-101)75(115)96-60(80(120)121)35-66(105)106/h7-10,13-14,16-17,19-22,36-37,41-42,49,52-64,86-87,101-102,122-123H,11-12,15,18,23-35,38-40,82H2,1-6H3,(H,88,116)(H,89,118)(H,90,107)(H,91,108)(H,92,117)(H,93,113)(H,94,110)(H,95,114)(H,96,115)(H,97,109)(H,98,111)(H,99,112)(H,103,104)(H,105,106)(H,120,121)(H4,83,84,85)/t49-,52-,53-,54-,55-,56-,57-,58-,59-,60-,61-,62-,63-,64-/m0/s1. The zero-order valence-electron chi connectivity index (χ0n) is 70.0. The molecule has 684 valence electrons. The van der Waals surface area contributed by atoms with Gasteiger partial charge in [0.1, 0.15) is 84.3 Å². The number of phenols is 1. The molecule has 3 heterocycles. The summed E-state index contributed by atoms with van der Waals surface area (Å²) in [6.07, 6.45) is 4.32. The molecule has 0 unspecified atom stereocenters. The first-order chi connectivity index (χ1) is 59.4. The lowest BCUT2D eigenvalue weighted by molar-refractivity contribution is -0.147. The first-order valence-corrected chi connectivity index (χ1v) is 44.6. The van der Waals surface area contributed by atoms with E-state index in [2.05, 4.69) is 99.0 Å². The lowest BCUT2D eigenvalue weighted by Gasteiger charge is -2.31. The fraction of sp³-hybridized carbons (Fsp3) is 0.519. The van der Waals surface area contributed by atoms with Gasteiger partial charge in [-0.1, -0.05) is 76.2 Å². The Morgan fingerprint density at radius 2 is 0.880 bits per heavy atom. The number of aliphatic carboxylic acids is 3. The highest BCUT2D eigenvalue weighted by Crippen LogP contribution is 2.25. The lowest BCUT2D eigenvalue weighted by atomic mass is 10.00. The number of carboxylic acids is 3. The van der Waals surface area contributed by atoms with Crippen molar-refractivity contribution in [3.05, 3.63) is 102 Å². The number of carbonyl (C=O) groups excluding carboxylic acids is 13. The van der Waals surface area contributed by atoms with Gasteiger partial charge in [-0.25, -0.2) is 4.79 Å². The van der Waals surface area contributed by atoms with Gasteiger partial charge >= 0.3 is 17.9 Å². The number of rotatable bonds is 53. The number of hydrogen-bond acceptors (Lipinski definition) is 24. The third-order valence-corrected chi connectivity index (χ3v) is 22.3. The van der Waals surface area contributed by atoms with Crippen molar-refractivity contribution in [1.82, 2.24) is 84.0 Å². The van der Waals surface area contributed by atoms with Gasteiger partial charge in [0.25, 0.3) is 0 Å². The van der Waals surface area contributed by atoms with Crippen LogP contribution in [-0.2, 0) is 96.0 Å². The molecule has 44 heteroatoms. The first kappa shape index (κ1) is 102. The highest BCUT2D eigenvalue weighted by atomic mass is 32.2. The predicted octanol–water partition coefficient (Wildman–Crippen LogP) is -1.73. The summed E-state index contributed by atoms with van der Waals surface area (Å²) in [6, 6.07) is -1.48. The lowest BCUT2D eigenvalue weighted by Crippen LogP contribution is -2.61. The van der Waals surface area contributed by atoms with Crippen LogP contribution < -0.4 is 80.6 Å². The van der Waals surface area contributed by atoms with Crippen LogP contribution in [0.4, 0.5) is 0 Å². The number of aliphatic hydroxyl groups excluding tert-OH is 1. The number of hydrogen-bond donors (Lipinski definition) is 25. The molecule has 25 N–H and O–H groups in total. The van der Waals surface area contributed by atoms with Gasteiger partial charge in [-0.2, -0.15) is 48.8 Å². The molecule has 40 nitrogen and oxygen atoms in total. The van der Waals surface area contributed by atoms with Gasteiger partial charge in [0.2, 0.25) is 76.8 Å². The second-order valence-corrected chi connectivity index (χ2v) is 33.6. The number of nitrogens with two attached hydrogens (primary N) is 2. The van der Waals surface area contributed by atoms with Gasteiger partial charge < -0.3 is 121 Å². The molecule has 13 amide bonds. The molecule has 125 heavy (non-hydrogen) atoms. The van der Waals surface area contributed by atoms with Gasteiger partial charge in [-0.05, 0) is 128 Å². The summed E-state index contributed by atoms with van der Waals surface area (Å²) in [7, 11) is 0. The number of aromatic nitrogens is 2. The maximum Gasteiger partial charge on any atom is 0.326 e. The van der Waals surface area contributed by atoms with Crippen LogP contribution in [0, 0.1) is 17.2 Å². The Hall–Kier alpha value is -11.3. The maximum absolute atomic E-state index is 15.1. The number of nitrogens with one attached hydrogen (secondary N) is 16. The van der Waals surface area contributed by atoms with E-state index in [0.29, 0.717) is 34.0 Å². The molecule has 1 aliphatic heterocycles. The Balaban J connectivity index is 1.20. The van der Waals surface area contributed by atoms with Gasteiger partial charge in [0, 0.05) is 78.1 Å². The van der Waals surface area contributed by atoms with E-state index in [1.165, 1.54) is 47.8 Å². The average molecular weight is 1820 g/mol. The number of fused-ring (bicyclic) bond motifs is 2. The molecular weight excluding hydrogens is 1700 g/mol. The Labute approximate surface area is 740 Å². The van der Waals surface area contributed by atoms with E-state index in [0.717, 1.165) is 15.8 Å². The summed E-state index contributed by atoms with van der Waals surface area (Å²) in [5.41, 5.74) is 14.6. The monoisotopic (exact) mass is 1820 g/mol. The molecule has 2 aromatic heterocycles. The predicted molar refractivity (Wildman–Crippen MR) is 473 cm³/mol. The number of phenolic OH excluding ortho intramolecular Hbond substituents is 1. The fourth-order valence-corrected chi connectivity index (χ4v) is 15.2. The molecule has 0 spiro atoms. The number of guanidine groups is 1. The molecule has 1 aliphatic rings. The van der Waals surface area contributed by atoms with E-state index < -0.39 is 204 Å². The zero-order chi connectivity index (χ0) is 92.3.